The Hall–Kier alpha value is -2.39. The van der Waals surface area contributed by atoms with E-state index in [0.717, 1.165) is 47.7 Å². The number of nitrogens with zero attached hydrogens (tertiary/aromatic N) is 3. The molecule has 2 aliphatic heterocycles. The maximum absolute atomic E-state index is 13.2. The molecule has 0 bridgehead atoms. The van der Waals surface area contributed by atoms with Crippen molar-refractivity contribution in [3.63, 3.8) is 0 Å². The van der Waals surface area contributed by atoms with Crippen LogP contribution in [0.25, 0.3) is 23.0 Å². The molecule has 0 saturated carbocycles. The number of thioether (sulfide) groups is 2. The fourth-order valence-electron chi connectivity index (χ4n) is 4.10. The van der Waals surface area contributed by atoms with E-state index in [1.54, 1.807) is 4.90 Å². The minimum Gasteiger partial charge on any atom is -0.376 e. The molecule has 174 valence electrons. The summed E-state index contributed by atoms with van der Waals surface area (Å²) in [6.45, 7) is 3.43. The van der Waals surface area contributed by atoms with E-state index in [1.165, 1.54) is 16.7 Å². The van der Waals surface area contributed by atoms with Crippen LogP contribution in [-0.2, 0) is 9.53 Å². The normalized spacial score (nSPS) is 19.5. The Bertz CT molecular complexity index is 1220. The second-order valence-electron chi connectivity index (χ2n) is 8.10. The molecule has 2 saturated heterocycles. The third-order valence-electron chi connectivity index (χ3n) is 5.77. The lowest BCUT2D eigenvalue weighted by atomic mass is 10.1. The topological polar surface area (TPSA) is 47.4 Å². The number of carbonyl (C=O) groups excluding carboxylic acids is 1. The van der Waals surface area contributed by atoms with Crippen molar-refractivity contribution in [2.45, 2.75) is 30.8 Å². The average molecular weight is 508 g/mol. The van der Waals surface area contributed by atoms with Crippen LogP contribution in [0.4, 0.5) is 0 Å². The summed E-state index contributed by atoms with van der Waals surface area (Å²) in [6, 6.07) is 18.4. The molecule has 2 aliphatic rings. The molecule has 5 nitrogen and oxygen atoms in total. The molecule has 2 aromatic carbocycles. The Morgan fingerprint density at radius 3 is 2.71 bits per heavy atom. The molecule has 1 atom stereocenters. The van der Waals surface area contributed by atoms with Gasteiger partial charge in [0.05, 0.1) is 28.9 Å². The van der Waals surface area contributed by atoms with Crippen LogP contribution in [0, 0.1) is 0 Å². The predicted molar refractivity (Wildman–Crippen MR) is 144 cm³/mol. The molecule has 34 heavy (non-hydrogen) atoms. The number of thiocarbonyl (C=S) groups is 1. The number of amides is 1. The van der Waals surface area contributed by atoms with Gasteiger partial charge < -0.3 is 4.74 Å². The maximum atomic E-state index is 13.2. The minimum atomic E-state index is -0.0568. The summed E-state index contributed by atoms with van der Waals surface area (Å²) < 4.78 is 8.18. The molecule has 1 amide bonds. The predicted octanol–water partition coefficient (Wildman–Crippen LogP) is 6.03. The molecule has 3 heterocycles. The van der Waals surface area contributed by atoms with E-state index in [1.807, 2.05) is 59.0 Å². The zero-order chi connectivity index (χ0) is 23.5. The van der Waals surface area contributed by atoms with Crippen molar-refractivity contribution in [3.8, 4) is 16.9 Å². The van der Waals surface area contributed by atoms with E-state index in [0.29, 0.717) is 15.8 Å². The molecular formula is C26H25N3O2S3. The lowest BCUT2D eigenvalue weighted by molar-refractivity contribution is -0.123. The van der Waals surface area contributed by atoms with Gasteiger partial charge in [0.25, 0.3) is 5.91 Å². The van der Waals surface area contributed by atoms with E-state index in [9.17, 15) is 4.79 Å². The Morgan fingerprint density at radius 2 is 2.00 bits per heavy atom. The minimum absolute atomic E-state index is 0.0568. The number of rotatable bonds is 7. The van der Waals surface area contributed by atoms with E-state index in [-0.39, 0.29) is 12.0 Å². The van der Waals surface area contributed by atoms with Gasteiger partial charge in [-0.2, -0.15) is 5.10 Å². The Labute approximate surface area is 213 Å². The van der Waals surface area contributed by atoms with Crippen LogP contribution < -0.4 is 0 Å². The fourth-order valence-corrected chi connectivity index (χ4v) is 6.02. The molecule has 5 rings (SSSR count). The highest BCUT2D eigenvalue weighted by atomic mass is 32.2. The summed E-state index contributed by atoms with van der Waals surface area (Å²) in [6.07, 6.45) is 5.97. The van der Waals surface area contributed by atoms with E-state index < -0.39 is 0 Å². The fraction of sp³-hybridized carbons (Fsp3) is 0.269. The van der Waals surface area contributed by atoms with Gasteiger partial charge in [-0.1, -0.05) is 61.2 Å². The molecular weight excluding hydrogens is 483 g/mol. The summed E-state index contributed by atoms with van der Waals surface area (Å²) in [5.41, 5.74) is 3.70. The zero-order valence-corrected chi connectivity index (χ0v) is 21.3. The van der Waals surface area contributed by atoms with Gasteiger partial charge >= 0.3 is 0 Å². The van der Waals surface area contributed by atoms with Crippen LogP contribution in [-0.4, -0.2) is 49.9 Å². The largest absolute Gasteiger partial charge is 0.376 e. The second kappa shape index (κ2) is 10.5. The highest BCUT2D eigenvalue weighted by molar-refractivity contribution is 8.26. The highest BCUT2D eigenvalue weighted by Gasteiger charge is 2.35. The molecule has 3 aromatic rings. The van der Waals surface area contributed by atoms with Crippen molar-refractivity contribution in [2.24, 2.45) is 0 Å². The van der Waals surface area contributed by atoms with Crippen molar-refractivity contribution in [1.82, 2.24) is 14.7 Å². The summed E-state index contributed by atoms with van der Waals surface area (Å²) in [5, 5.41) is 4.89. The lowest BCUT2D eigenvalue weighted by Crippen LogP contribution is -2.35. The highest BCUT2D eigenvalue weighted by Crippen LogP contribution is 2.36. The van der Waals surface area contributed by atoms with Gasteiger partial charge in [0.1, 0.15) is 4.32 Å². The number of para-hydroxylation sites is 1. The van der Waals surface area contributed by atoms with Gasteiger partial charge in [-0.05, 0) is 48.9 Å². The van der Waals surface area contributed by atoms with Crippen molar-refractivity contribution in [1.29, 1.82) is 0 Å². The molecule has 8 heteroatoms. The Kier molecular flexibility index (Phi) is 7.20. The first-order valence-corrected chi connectivity index (χ1v) is 13.6. The van der Waals surface area contributed by atoms with Crippen molar-refractivity contribution < 1.29 is 9.53 Å². The summed E-state index contributed by atoms with van der Waals surface area (Å²) in [7, 11) is 0. The number of hydrogen-bond acceptors (Lipinski definition) is 6. The summed E-state index contributed by atoms with van der Waals surface area (Å²) in [5.74, 6) is 0.972. The Morgan fingerprint density at radius 1 is 1.21 bits per heavy atom. The van der Waals surface area contributed by atoms with Crippen LogP contribution in [0.2, 0.25) is 0 Å². The third kappa shape index (κ3) is 5.00. The van der Waals surface area contributed by atoms with Crippen molar-refractivity contribution >= 4 is 52.0 Å². The lowest BCUT2D eigenvalue weighted by Gasteiger charge is -2.18. The summed E-state index contributed by atoms with van der Waals surface area (Å²) in [4.78, 5) is 16.7. The molecule has 2 fully saturated rings. The van der Waals surface area contributed by atoms with Crippen LogP contribution in [0.3, 0.4) is 0 Å². The van der Waals surface area contributed by atoms with Gasteiger partial charge in [0.2, 0.25) is 0 Å². The molecule has 1 aromatic heterocycles. The first kappa shape index (κ1) is 23.4. The SMILES string of the molecule is CCSc1ccc(-c2nn(-c3ccccc3)cc2/C=C2\SC(=S)N(C[C@@H]3CCCO3)C2=O)cc1. The number of hydrogen-bond donors (Lipinski definition) is 0. The van der Waals surface area contributed by atoms with E-state index >= 15 is 0 Å². The van der Waals surface area contributed by atoms with Crippen LogP contribution in [0.15, 0.2) is 70.6 Å². The monoisotopic (exact) mass is 507 g/mol. The standard InChI is InChI=1S/C26H25N3O2S3/c1-2-33-22-12-10-18(11-13-22)24-19(16-29(27-24)20-7-4-3-5-8-20)15-23-25(30)28(26(32)34-23)17-21-9-6-14-31-21/h3-5,7-8,10-13,15-16,21H,2,6,9,14,17H2,1H3/b23-15-/t21-/m0/s1. The number of carbonyl (C=O) groups is 1. The quantitative estimate of drug-likeness (QED) is 0.221. The maximum Gasteiger partial charge on any atom is 0.266 e. The number of aromatic nitrogens is 2. The van der Waals surface area contributed by atoms with E-state index in [4.69, 9.17) is 22.1 Å². The van der Waals surface area contributed by atoms with Crippen LogP contribution in [0.5, 0.6) is 0 Å². The smallest absolute Gasteiger partial charge is 0.266 e. The molecule has 0 radical (unpaired) electrons. The van der Waals surface area contributed by atoms with Gasteiger partial charge in [-0.15, -0.1) is 11.8 Å². The van der Waals surface area contributed by atoms with Gasteiger partial charge in [-0.25, -0.2) is 4.68 Å². The third-order valence-corrected chi connectivity index (χ3v) is 8.04. The van der Waals surface area contributed by atoms with Crippen molar-refractivity contribution in [3.05, 3.63) is 71.3 Å². The number of benzene rings is 2. The van der Waals surface area contributed by atoms with Crippen LogP contribution >= 0.6 is 35.7 Å². The Balaban J connectivity index is 1.49. The first-order chi connectivity index (χ1) is 16.6. The van der Waals surface area contributed by atoms with E-state index in [2.05, 4.69) is 31.2 Å². The first-order valence-electron chi connectivity index (χ1n) is 11.4. The molecule has 0 unspecified atom stereocenters. The van der Waals surface area contributed by atoms with Crippen molar-refractivity contribution in [2.75, 3.05) is 18.9 Å². The molecule has 0 spiro atoms. The zero-order valence-electron chi connectivity index (χ0n) is 18.8. The van der Waals surface area contributed by atoms with Gasteiger partial charge in [0.15, 0.2) is 0 Å². The number of ether oxygens (including phenoxy) is 1. The molecule has 0 aliphatic carbocycles. The molecule has 0 N–H and O–H groups in total. The average Bonchev–Trinajstić information content (AvgIpc) is 3.58. The van der Waals surface area contributed by atoms with Gasteiger partial charge in [0, 0.05) is 28.8 Å². The van der Waals surface area contributed by atoms with Crippen LogP contribution in [0.1, 0.15) is 25.3 Å². The summed E-state index contributed by atoms with van der Waals surface area (Å²) >= 11 is 8.70. The second-order valence-corrected chi connectivity index (χ2v) is 11.1. The van der Waals surface area contributed by atoms with Gasteiger partial charge in [-0.3, -0.25) is 9.69 Å².